The zero-order valence-corrected chi connectivity index (χ0v) is 13.5. The fraction of sp³-hybridized carbons (Fsp3) is 0.0556. The van der Waals surface area contributed by atoms with Gasteiger partial charge in [-0.1, -0.05) is 35.9 Å². The molecule has 0 fully saturated rings. The minimum absolute atomic E-state index is 0.560. The Morgan fingerprint density at radius 2 is 1.92 bits per heavy atom. The molecule has 0 radical (unpaired) electrons. The minimum Gasteiger partial charge on any atom is -0.350 e. The van der Waals surface area contributed by atoms with Gasteiger partial charge in [0.15, 0.2) is 0 Å². The van der Waals surface area contributed by atoms with Crippen molar-refractivity contribution < 1.29 is 0 Å². The van der Waals surface area contributed by atoms with E-state index in [1.54, 1.807) is 12.5 Å². The minimum atomic E-state index is 0.560. The lowest BCUT2D eigenvalue weighted by Crippen LogP contribution is -2.06. The van der Waals surface area contributed by atoms with E-state index in [1.807, 2.05) is 59.2 Å². The van der Waals surface area contributed by atoms with E-state index in [0.29, 0.717) is 17.5 Å². The average molecular weight is 336 g/mol. The van der Waals surface area contributed by atoms with Gasteiger partial charge in [0.25, 0.3) is 0 Å². The number of para-hydroxylation sites is 2. The number of rotatable bonds is 4. The molecule has 2 aromatic carbocycles. The van der Waals surface area contributed by atoms with E-state index in [0.717, 1.165) is 22.4 Å². The number of hydrogen-bond acceptors (Lipinski definition) is 4. The standard InChI is InChI=1S/C18H14ClN5/c19-14-5-3-4-13(10-14)11-21-18-20-9-8-17(23-18)24-12-22-15-6-1-2-7-16(15)24/h1-10,12H,11H2,(H,20,21,23). The van der Waals surface area contributed by atoms with E-state index in [9.17, 15) is 0 Å². The predicted molar refractivity (Wildman–Crippen MR) is 95.4 cm³/mol. The van der Waals surface area contributed by atoms with Crippen molar-refractivity contribution in [3.8, 4) is 5.82 Å². The van der Waals surface area contributed by atoms with Gasteiger partial charge in [-0.3, -0.25) is 4.57 Å². The monoisotopic (exact) mass is 335 g/mol. The second kappa shape index (κ2) is 6.29. The molecule has 0 aliphatic carbocycles. The molecule has 118 valence electrons. The van der Waals surface area contributed by atoms with Crippen molar-refractivity contribution in [1.82, 2.24) is 19.5 Å². The molecule has 0 unspecified atom stereocenters. The van der Waals surface area contributed by atoms with E-state index in [-0.39, 0.29) is 0 Å². The van der Waals surface area contributed by atoms with Crippen molar-refractivity contribution in [3.05, 3.63) is 77.7 Å². The normalized spacial score (nSPS) is 10.9. The molecule has 0 saturated heterocycles. The van der Waals surface area contributed by atoms with Gasteiger partial charge in [-0.25, -0.2) is 9.97 Å². The molecule has 2 aromatic heterocycles. The van der Waals surface area contributed by atoms with Gasteiger partial charge in [0.1, 0.15) is 12.1 Å². The molecule has 6 heteroatoms. The van der Waals surface area contributed by atoms with Gasteiger partial charge >= 0.3 is 0 Å². The van der Waals surface area contributed by atoms with Crippen LogP contribution in [-0.4, -0.2) is 19.5 Å². The van der Waals surface area contributed by atoms with Crippen molar-refractivity contribution >= 4 is 28.6 Å². The van der Waals surface area contributed by atoms with E-state index in [4.69, 9.17) is 11.6 Å². The zero-order valence-electron chi connectivity index (χ0n) is 12.7. The molecule has 0 atom stereocenters. The van der Waals surface area contributed by atoms with E-state index >= 15 is 0 Å². The number of nitrogens with zero attached hydrogens (tertiary/aromatic N) is 4. The summed E-state index contributed by atoms with van der Waals surface area (Å²) >= 11 is 6.01. The number of fused-ring (bicyclic) bond motifs is 1. The van der Waals surface area contributed by atoms with Crippen LogP contribution in [0.25, 0.3) is 16.9 Å². The van der Waals surface area contributed by atoms with Crippen molar-refractivity contribution in [1.29, 1.82) is 0 Å². The van der Waals surface area contributed by atoms with Crippen molar-refractivity contribution in [2.45, 2.75) is 6.54 Å². The van der Waals surface area contributed by atoms with Gasteiger partial charge in [0.05, 0.1) is 11.0 Å². The molecule has 4 aromatic rings. The highest BCUT2D eigenvalue weighted by Gasteiger charge is 2.06. The summed E-state index contributed by atoms with van der Waals surface area (Å²) in [4.78, 5) is 13.2. The average Bonchev–Trinajstić information content (AvgIpc) is 3.04. The molecular weight excluding hydrogens is 322 g/mol. The number of benzene rings is 2. The van der Waals surface area contributed by atoms with Gasteiger partial charge in [0, 0.05) is 17.8 Å². The van der Waals surface area contributed by atoms with Crippen LogP contribution in [0.5, 0.6) is 0 Å². The highest BCUT2D eigenvalue weighted by Crippen LogP contribution is 2.17. The second-order valence-corrected chi connectivity index (χ2v) is 5.76. The van der Waals surface area contributed by atoms with Crippen molar-refractivity contribution in [2.24, 2.45) is 0 Å². The number of aromatic nitrogens is 4. The molecule has 4 rings (SSSR count). The Hall–Kier alpha value is -2.92. The Morgan fingerprint density at radius 3 is 2.83 bits per heavy atom. The predicted octanol–water partition coefficient (Wildman–Crippen LogP) is 4.08. The van der Waals surface area contributed by atoms with E-state index in [1.165, 1.54) is 0 Å². The summed E-state index contributed by atoms with van der Waals surface area (Å²) in [5.74, 6) is 1.33. The molecule has 0 spiro atoms. The third kappa shape index (κ3) is 2.94. The van der Waals surface area contributed by atoms with E-state index < -0.39 is 0 Å². The Balaban J connectivity index is 1.60. The Kier molecular flexibility index (Phi) is 3.84. The lowest BCUT2D eigenvalue weighted by molar-refractivity contribution is 0.976. The van der Waals surface area contributed by atoms with Gasteiger partial charge in [-0.15, -0.1) is 0 Å². The smallest absolute Gasteiger partial charge is 0.224 e. The van der Waals surface area contributed by atoms with Crippen LogP contribution in [0.4, 0.5) is 5.95 Å². The van der Waals surface area contributed by atoms with Crippen LogP contribution < -0.4 is 5.32 Å². The first-order valence-electron chi connectivity index (χ1n) is 7.53. The summed E-state index contributed by atoms with van der Waals surface area (Å²) in [6, 6.07) is 17.5. The van der Waals surface area contributed by atoms with Crippen LogP contribution in [0.2, 0.25) is 5.02 Å². The van der Waals surface area contributed by atoms with Crippen LogP contribution in [0.3, 0.4) is 0 Å². The van der Waals surface area contributed by atoms with Crippen LogP contribution >= 0.6 is 11.6 Å². The third-order valence-electron chi connectivity index (χ3n) is 3.68. The Bertz CT molecular complexity index is 995. The fourth-order valence-corrected chi connectivity index (χ4v) is 2.75. The summed E-state index contributed by atoms with van der Waals surface area (Å²) in [7, 11) is 0. The zero-order chi connectivity index (χ0) is 16.4. The lowest BCUT2D eigenvalue weighted by Gasteiger charge is -2.08. The van der Waals surface area contributed by atoms with Crippen molar-refractivity contribution in [3.63, 3.8) is 0 Å². The highest BCUT2D eigenvalue weighted by molar-refractivity contribution is 6.30. The molecule has 1 N–H and O–H groups in total. The highest BCUT2D eigenvalue weighted by atomic mass is 35.5. The third-order valence-corrected chi connectivity index (χ3v) is 3.92. The summed E-state index contributed by atoms with van der Waals surface area (Å²) in [6.45, 7) is 0.606. The van der Waals surface area contributed by atoms with Crippen LogP contribution in [0, 0.1) is 0 Å². The number of halogens is 1. The van der Waals surface area contributed by atoms with Gasteiger partial charge < -0.3 is 5.32 Å². The summed E-state index contributed by atoms with van der Waals surface area (Å²) in [5, 5.41) is 3.94. The molecular formula is C18H14ClN5. The van der Waals surface area contributed by atoms with Crippen LogP contribution in [0.1, 0.15) is 5.56 Å². The molecule has 0 amide bonds. The molecule has 24 heavy (non-hydrogen) atoms. The summed E-state index contributed by atoms with van der Waals surface area (Å²) in [6.07, 6.45) is 3.51. The molecule has 0 aliphatic rings. The maximum atomic E-state index is 6.01. The maximum absolute atomic E-state index is 6.01. The Morgan fingerprint density at radius 1 is 1.00 bits per heavy atom. The maximum Gasteiger partial charge on any atom is 0.224 e. The largest absolute Gasteiger partial charge is 0.350 e. The molecule has 2 heterocycles. The molecule has 0 bridgehead atoms. The molecule has 0 aliphatic heterocycles. The van der Waals surface area contributed by atoms with Gasteiger partial charge in [-0.05, 0) is 35.9 Å². The van der Waals surface area contributed by atoms with Crippen LogP contribution in [-0.2, 0) is 6.54 Å². The lowest BCUT2D eigenvalue weighted by atomic mass is 10.2. The SMILES string of the molecule is Clc1cccc(CNc2nccc(-n3cnc4ccccc43)n2)c1. The number of hydrogen-bond donors (Lipinski definition) is 1. The van der Waals surface area contributed by atoms with E-state index in [2.05, 4.69) is 20.3 Å². The fourth-order valence-electron chi connectivity index (χ4n) is 2.54. The summed E-state index contributed by atoms with van der Waals surface area (Å²) < 4.78 is 1.95. The first-order valence-corrected chi connectivity index (χ1v) is 7.91. The first kappa shape index (κ1) is 14.7. The topological polar surface area (TPSA) is 55.6 Å². The molecule has 5 nitrogen and oxygen atoms in total. The Labute approximate surface area is 144 Å². The number of imidazole rings is 1. The molecule has 0 saturated carbocycles. The second-order valence-electron chi connectivity index (χ2n) is 5.33. The summed E-state index contributed by atoms with van der Waals surface area (Å²) in [5.41, 5.74) is 3.02. The number of nitrogens with one attached hydrogen (secondary N) is 1. The number of anilines is 1. The van der Waals surface area contributed by atoms with Gasteiger partial charge in [0.2, 0.25) is 5.95 Å². The van der Waals surface area contributed by atoms with Crippen molar-refractivity contribution in [2.75, 3.05) is 5.32 Å². The van der Waals surface area contributed by atoms with Gasteiger partial charge in [-0.2, -0.15) is 4.98 Å². The first-order chi connectivity index (χ1) is 11.8. The quantitative estimate of drug-likeness (QED) is 0.610. The van der Waals surface area contributed by atoms with Crippen LogP contribution in [0.15, 0.2) is 67.1 Å².